The van der Waals surface area contributed by atoms with Crippen LogP contribution in [-0.2, 0) is 17.8 Å². The lowest BCUT2D eigenvalue weighted by atomic mass is 9.99. The van der Waals surface area contributed by atoms with Gasteiger partial charge in [0.1, 0.15) is 0 Å². The predicted molar refractivity (Wildman–Crippen MR) is 114 cm³/mol. The number of rotatable bonds is 5. The van der Waals surface area contributed by atoms with Crippen LogP contribution >= 0.6 is 0 Å². The van der Waals surface area contributed by atoms with Crippen LogP contribution in [-0.4, -0.2) is 47.8 Å². The van der Waals surface area contributed by atoms with Crippen molar-refractivity contribution in [3.8, 4) is 0 Å². The highest BCUT2D eigenvalue weighted by Gasteiger charge is 2.29. The fourth-order valence-electron chi connectivity index (χ4n) is 4.28. The summed E-state index contributed by atoms with van der Waals surface area (Å²) in [6.45, 7) is 5.80. The quantitative estimate of drug-likeness (QED) is 0.852. The Morgan fingerprint density at radius 3 is 2.66 bits per heavy atom. The maximum atomic E-state index is 13.4. The summed E-state index contributed by atoms with van der Waals surface area (Å²) in [6, 6.07) is 16.4. The van der Waals surface area contributed by atoms with Gasteiger partial charge in [-0.2, -0.15) is 0 Å². The van der Waals surface area contributed by atoms with Gasteiger partial charge in [0.15, 0.2) is 0 Å². The zero-order chi connectivity index (χ0) is 20.2. The van der Waals surface area contributed by atoms with Crippen LogP contribution in [0.15, 0.2) is 48.5 Å². The van der Waals surface area contributed by atoms with Crippen LogP contribution < -0.4 is 5.32 Å². The molecule has 0 saturated carbocycles. The van der Waals surface area contributed by atoms with Crippen LogP contribution in [0.3, 0.4) is 0 Å². The molecule has 4 rings (SSSR count). The van der Waals surface area contributed by atoms with E-state index >= 15 is 0 Å². The molecule has 0 spiro atoms. The number of carbonyl (C=O) groups excluding carboxylic acids is 2. The summed E-state index contributed by atoms with van der Waals surface area (Å²) in [5.41, 5.74) is 4.19. The van der Waals surface area contributed by atoms with E-state index in [-0.39, 0.29) is 17.9 Å². The molecule has 29 heavy (non-hydrogen) atoms. The Hall–Kier alpha value is -2.66. The molecule has 1 atom stereocenters. The summed E-state index contributed by atoms with van der Waals surface area (Å²) in [4.78, 5) is 29.2. The average Bonchev–Trinajstić information content (AvgIpc) is 3.18. The van der Waals surface area contributed by atoms with E-state index in [9.17, 15) is 9.59 Å². The molecule has 1 N–H and O–H groups in total. The second-order valence-corrected chi connectivity index (χ2v) is 7.93. The van der Waals surface area contributed by atoms with Gasteiger partial charge in [0.25, 0.3) is 5.91 Å². The van der Waals surface area contributed by atoms with E-state index in [4.69, 9.17) is 0 Å². The molecule has 2 saturated heterocycles. The van der Waals surface area contributed by atoms with Crippen LogP contribution in [0.1, 0.15) is 52.9 Å². The zero-order valence-corrected chi connectivity index (χ0v) is 17.1. The molecule has 2 aliphatic rings. The van der Waals surface area contributed by atoms with Gasteiger partial charge in [0.2, 0.25) is 5.91 Å². The normalized spacial score (nSPS) is 19.6. The molecule has 0 radical (unpaired) electrons. The van der Waals surface area contributed by atoms with E-state index in [0.29, 0.717) is 25.1 Å². The summed E-state index contributed by atoms with van der Waals surface area (Å²) in [5.74, 6) is 0.269. The van der Waals surface area contributed by atoms with Crippen molar-refractivity contribution >= 4 is 11.8 Å². The second-order valence-electron chi connectivity index (χ2n) is 7.93. The molecule has 0 aromatic heterocycles. The van der Waals surface area contributed by atoms with Crippen LogP contribution in [0, 0.1) is 0 Å². The van der Waals surface area contributed by atoms with Gasteiger partial charge in [0, 0.05) is 44.7 Å². The van der Waals surface area contributed by atoms with E-state index in [1.165, 1.54) is 11.1 Å². The van der Waals surface area contributed by atoms with Crippen molar-refractivity contribution in [2.24, 2.45) is 0 Å². The van der Waals surface area contributed by atoms with E-state index in [1.54, 1.807) is 0 Å². The maximum Gasteiger partial charge on any atom is 0.254 e. The third-order valence-corrected chi connectivity index (χ3v) is 6.00. The molecule has 0 bridgehead atoms. The van der Waals surface area contributed by atoms with Crippen LogP contribution in [0.4, 0.5) is 0 Å². The largest absolute Gasteiger partial charge is 0.338 e. The molecule has 2 heterocycles. The molecule has 1 unspecified atom stereocenters. The number of piperazine rings is 1. The molecule has 2 amide bonds. The van der Waals surface area contributed by atoms with E-state index in [1.807, 2.05) is 34.1 Å². The van der Waals surface area contributed by atoms with Gasteiger partial charge in [-0.25, -0.2) is 0 Å². The van der Waals surface area contributed by atoms with Crippen LogP contribution in [0.2, 0.25) is 0 Å². The molecule has 5 heteroatoms. The van der Waals surface area contributed by atoms with Gasteiger partial charge >= 0.3 is 0 Å². The van der Waals surface area contributed by atoms with Gasteiger partial charge in [-0.1, -0.05) is 43.3 Å². The van der Waals surface area contributed by atoms with Gasteiger partial charge in [-0.3, -0.25) is 9.59 Å². The Balaban J connectivity index is 1.53. The summed E-state index contributed by atoms with van der Waals surface area (Å²) < 4.78 is 0. The van der Waals surface area contributed by atoms with E-state index in [0.717, 1.165) is 38.0 Å². The number of likely N-dealkylation sites (tertiary alicyclic amines) is 1. The van der Waals surface area contributed by atoms with Crippen LogP contribution in [0.25, 0.3) is 0 Å². The van der Waals surface area contributed by atoms with Crippen molar-refractivity contribution in [2.45, 2.75) is 38.8 Å². The maximum absolute atomic E-state index is 13.4. The molecule has 2 fully saturated rings. The highest BCUT2D eigenvalue weighted by Crippen LogP contribution is 2.25. The molecule has 2 aromatic carbocycles. The smallest absolute Gasteiger partial charge is 0.254 e. The third kappa shape index (κ3) is 4.35. The second kappa shape index (κ2) is 8.78. The Labute approximate surface area is 172 Å². The first kappa shape index (κ1) is 19.6. The molecular weight excluding hydrogens is 362 g/mol. The number of aryl methyl sites for hydroxylation is 1. The number of benzene rings is 2. The van der Waals surface area contributed by atoms with Crippen molar-refractivity contribution in [2.75, 3.05) is 26.2 Å². The van der Waals surface area contributed by atoms with Crippen LogP contribution in [0.5, 0.6) is 0 Å². The Bertz CT molecular complexity index is 878. The first-order valence-electron chi connectivity index (χ1n) is 10.6. The Morgan fingerprint density at radius 2 is 1.93 bits per heavy atom. The van der Waals surface area contributed by atoms with Crippen molar-refractivity contribution < 1.29 is 9.59 Å². The zero-order valence-electron chi connectivity index (χ0n) is 17.1. The minimum atomic E-state index is 0.0333. The summed E-state index contributed by atoms with van der Waals surface area (Å²) in [5, 5.41) is 3.42. The van der Waals surface area contributed by atoms with Gasteiger partial charge in [-0.05, 0) is 41.7 Å². The molecule has 2 aromatic rings. The number of hydrogen-bond donors (Lipinski definition) is 1. The van der Waals surface area contributed by atoms with Gasteiger partial charge in [-0.15, -0.1) is 0 Å². The number of nitrogens with one attached hydrogen (secondary N) is 1. The van der Waals surface area contributed by atoms with Crippen molar-refractivity contribution in [1.82, 2.24) is 15.1 Å². The highest BCUT2D eigenvalue weighted by molar-refractivity contribution is 5.94. The SMILES string of the molecule is CCc1ccc(C2CNCCN2C(=O)c2cccc(CN3CCCC3=O)c2)cc1. The molecule has 152 valence electrons. The lowest BCUT2D eigenvalue weighted by molar-refractivity contribution is -0.128. The first-order chi connectivity index (χ1) is 14.2. The molecule has 5 nitrogen and oxygen atoms in total. The first-order valence-corrected chi connectivity index (χ1v) is 10.6. The lowest BCUT2D eigenvalue weighted by Crippen LogP contribution is -2.48. The fraction of sp³-hybridized carbons (Fsp3) is 0.417. The summed E-state index contributed by atoms with van der Waals surface area (Å²) in [6.07, 6.45) is 2.58. The van der Waals surface area contributed by atoms with Crippen molar-refractivity contribution in [3.63, 3.8) is 0 Å². The number of hydrogen-bond acceptors (Lipinski definition) is 3. The van der Waals surface area contributed by atoms with E-state index < -0.39 is 0 Å². The minimum Gasteiger partial charge on any atom is -0.338 e. The van der Waals surface area contributed by atoms with Gasteiger partial charge in [0.05, 0.1) is 6.04 Å². The topological polar surface area (TPSA) is 52.7 Å². The standard InChI is InChI=1S/C24H29N3O2/c1-2-18-8-10-20(11-9-18)22-16-25-12-14-27(22)24(29)21-6-3-5-19(15-21)17-26-13-4-7-23(26)28/h3,5-6,8-11,15,22,25H,2,4,7,12-14,16-17H2,1H3. The lowest BCUT2D eigenvalue weighted by Gasteiger charge is -2.37. The highest BCUT2D eigenvalue weighted by atomic mass is 16.2. The summed E-state index contributed by atoms with van der Waals surface area (Å²) in [7, 11) is 0. The van der Waals surface area contributed by atoms with E-state index in [2.05, 4.69) is 36.5 Å². The molecular formula is C24H29N3O2. The van der Waals surface area contributed by atoms with Gasteiger partial charge < -0.3 is 15.1 Å². The minimum absolute atomic E-state index is 0.0333. The molecule has 0 aliphatic carbocycles. The Morgan fingerprint density at radius 1 is 1.10 bits per heavy atom. The predicted octanol–water partition coefficient (Wildman–Crippen LogP) is 3.16. The monoisotopic (exact) mass is 391 g/mol. The summed E-state index contributed by atoms with van der Waals surface area (Å²) >= 11 is 0. The average molecular weight is 392 g/mol. The number of amides is 2. The fourth-order valence-corrected chi connectivity index (χ4v) is 4.28. The number of nitrogens with zero attached hydrogens (tertiary/aromatic N) is 2. The Kier molecular flexibility index (Phi) is 5.95. The van der Waals surface area contributed by atoms with Crippen molar-refractivity contribution in [1.29, 1.82) is 0 Å². The molecule has 2 aliphatic heterocycles. The third-order valence-electron chi connectivity index (χ3n) is 6.00. The number of carbonyl (C=O) groups is 2. The van der Waals surface area contributed by atoms with Crippen molar-refractivity contribution in [3.05, 3.63) is 70.8 Å².